The van der Waals surface area contributed by atoms with Crippen molar-refractivity contribution in [2.45, 2.75) is 71.0 Å². The van der Waals surface area contributed by atoms with Gasteiger partial charge in [-0.25, -0.2) is 0 Å². The van der Waals surface area contributed by atoms with E-state index in [1.165, 1.54) is 18.4 Å². The zero-order chi connectivity index (χ0) is 12.3. The first-order valence-corrected chi connectivity index (χ1v) is 6.57. The van der Waals surface area contributed by atoms with Gasteiger partial charge in [-0.1, -0.05) is 19.1 Å². The van der Waals surface area contributed by atoms with Gasteiger partial charge in [-0.15, -0.1) is 0 Å². The lowest BCUT2D eigenvalue weighted by molar-refractivity contribution is 0.113. The van der Waals surface area contributed by atoms with Crippen molar-refractivity contribution >= 4 is 0 Å². The molecule has 0 aromatic rings. The van der Waals surface area contributed by atoms with Crippen LogP contribution in [0.4, 0.5) is 0 Å². The number of rotatable bonds is 4. The molecule has 0 aliphatic heterocycles. The SMILES string of the molecule is C=C(C)C(C)N(CC)C1CCC(C)(N)CC1. The van der Waals surface area contributed by atoms with E-state index in [9.17, 15) is 0 Å². The molecule has 2 nitrogen and oxygen atoms in total. The molecular weight excluding hydrogens is 196 g/mol. The lowest BCUT2D eigenvalue weighted by Crippen LogP contribution is -2.49. The summed E-state index contributed by atoms with van der Waals surface area (Å²) in [6.07, 6.45) is 4.77. The van der Waals surface area contributed by atoms with Gasteiger partial charge in [0.1, 0.15) is 0 Å². The van der Waals surface area contributed by atoms with Crippen LogP contribution in [0.25, 0.3) is 0 Å². The molecule has 0 amide bonds. The van der Waals surface area contributed by atoms with E-state index >= 15 is 0 Å². The van der Waals surface area contributed by atoms with Gasteiger partial charge in [-0.2, -0.15) is 0 Å². The molecule has 1 fully saturated rings. The Hall–Kier alpha value is -0.340. The number of hydrogen-bond donors (Lipinski definition) is 1. The fourth-order valence-corrected chi connectivity index (χ4v) is 2.73. The minimum atomic E-state index is 0.0718. The van der Waals surface area contributed by atoms with E-state index in [2.05, 4.69) is 39.2 Å². The molecular formula is C14H28N2. The quantitative estimate of drug-likeness (QED) is 0.744. The third-order valence-electron chi connectivity index (χ3n) is 4.14. The monoisotopic (exact) mass is 224 g/mol. The number of nitrogens with two attached hydrogens (primary N) is 1. The Morgan fingerprint density at radius 2 is 2.00 bits per heavy atom. The van der Waals surface area contributed by atoms with Crippen LogP contribution in [-0.2, 0) is 0 Å². The zero-order valence-electron chi connectivity index (χ0n) is 11.4. The van der Waals surface area contributed by atoms with Crippen molar-refractivity contribution < 1.29 is 0 Å². The second-order valence-corrected chi connectivity index (χ2v) is 5.74. The lowest BCUT2D eigenvalue weighted by atomic mass is 9.80. The normalized spacial score (nSPS) is 32.8. The third-order valence-corrected chi connectivity index (χ3v) is 4.14. The van der Waals surface area contributed by atoms with Crippen LogP contribution in [-0.4, -0.2) is 29.1 Å². The summed E-state index contributed by atoms with van der Waals surface area (Å²) in [4.78, 5) is 2.58. The van der Waals surface area contributed by atoms with E-state index < -0.39 is 0 Å². The topological polar surface area (TPSA) is 29.3 Å². The molecule has 1 aliphatic carbocycles. The minimum absolute atomic E-state index is 0.0718. The highest BCUT2D eigenvalue weighted by atomic mass is 15.2. The molecule has 16 heavy (non-hydrogen) atoms. The Morgan fingerprint density at radius 1 is 1.50 bits per heavy atom. The van der Waals surface area contributed by atoms with E-state index in [0.29, 0.717) is 12.1 Å². The molecule has 0 aromatic heterocycles. The Bertz CT molecular complexity index is 235. The highest BCUT2D eigenvalue weighted by molar-refractivity contribution is 5.02. The van der Waals surface area contributed by atoms with Crippen molar-refractivity contribution in [3.05, 3.63) is 12.2 Å². The first-order chi connectivity index (χ1) is 7.37. The van der Waals surface area contributed by atoms with Crippen molar-refractivity contribution in [1.82, 2.24) is 4.90 Å². The molecule has 1 saturated carbocycles. The number of nitrogens with zero attached hydrogens (tertiary/aromatic N) is 1. The molecule has 0 heterocycles. The Labute approximate surface area is 101 Å². The van der Waals surface area contributed by atoms with Crippen LogP contribution < -0.4 is 5.73 Å². The summed E-state index contributed by atoms with van der Waals surface area (Å²) in [5, 5.41) is 0. The summed E-state index contributed by atoms with van der Waals surface area (Å²) in [6, 6.07) is 1.20. The number of likely N-dealkylation sites (N-methyl/N-ethyl adjacent to an activating group) is 1. The van der Waals surface area contributed by atoms with Crippen LogP contribution >= 0.6 is 0 Å². The van der Waals surface area contributed by atoms with E-state index in [0.717, 1.165) is 19.4 Å². The standard InChI is InChI=1S/C14H28N2/c1-6-16(12(4)11(2)3)13-7-9-14(5,15)10-8-13/h12-13H,2,6-10,15H2,1,3-5H3. The Morgan fingerprint density at radius 3 is 2.38 bits per heavy atom. The smallest absolute Gasteiger partial charge is 0.0276 e. The first-order valence-electron chi connectivity index (χ1n) is 6.57. The average Bonchev–Trinajstić information content (AvgIpc) is 2.21. The first kappa shape index (κ1) is 13.7. The minimum Gasteiger partial charge on any atom is -0.325 e. The van der Waals surface area contributed by atoms with Crippen molar-refractivity contribution in [2.24, 2.45) is 5.73 Å². The van der Waals surface area contributed by atoms with Crippen molar-refractivity contribution in [3.63, 3.8) is 0 Å². The second kappa shape index (κ2) is 5.33. The van der Waals surface area contributed by atoms with Gasteiger partial charge in [0.15, 0.2) is 0 Å². The average molecular weight is 224 g/mol. The highest BCUT2D eigenvalue weighted by Crippen LogP contribution is 2.30. The van der Waals surface area contributed by atoms with Gasteiger partial charge in [0.05, 0.1) is 0 Å². The third kappa shape index (κ3) is 3.33. The maximum Gasteiger partial charge on any atom is 0.0276 e. The summed E-state index contributed by atoms with van der Waals surface area (Å²) >= 11 is 0. The van der Waals surface area contributed by atoms with Crippen molar-refractivity contribution in [1.29, 1.82) is 0 Å². The van der Waals surface area contributed by atoms with Crippen LogP contribution in [0.5, 0.6) is 0 Å². The Balaban J connectivity index is 2.59. The molecule has 0 aromatic carbocycles. The maximum absolute atomic E-state index is 6.18. The summed E-state index contributed by atoms with van der Waals surface area (Å²) in [6.45, 7) is 14.0. The Kier molecular flexibility index (Phi) is 4.57. The summed E-state index contributed by atoms with van der Waals surface area (Å²) < 4.78 is 0. The van der Waals surface area contributed by atoms with E-state index in [1.807, 2.05) is 0 Å². The molecule has 1 unspecified atom stereocenters. The zero-order valence-corrected chi connectivity index (χ0v) is 11.4. The van der Waals surface area contributed by atoms with Gasteiger partial charge in [-0.05, 0) is 53.0 Å². The van der Waals surface area contributed by atoms with Crippen molar-refractivity contribution in [2.75, 3.05) is 6.54 Å². The highest BCUT2D eigenvalue weighted by Gasteiger charge is 2.31. The maximum atomic E-state index is 6.18. The largest absolute Gasteiger partial charge is 0.325 e. The predicted molar refractivity (Wildman–Crippen MR) is 71.5 cm³/mol. The molecule has 0 saturated heterocycles. The molecule has 1 rings (SSSR count). The molecule has 0 radical (unpaired) electrons. The van der Waals surface area contributed by atoms with E-state index in [4.69, 9.17) is 5.73 Å². The van der Waals surface area contributed by atoms with Gasteiger partial charge < -0.3 is 5.73 Å². The second-order valence-electron chi connectivity index (χ2n) is 5.74. The molecule has 0 bridgehead atoms. The van der Waals surface area contributed by atoms with Gasteiger partial charge in [-0.3, -0.25) is 4.90 Å². The van der Waals surface area contributed by atoms with Crippen LogP contribution in [0.2, 0.25) is 0 Å². The number of hydrogen-bond acceptors (Lipinski definition) is 2. The van der Waals surface area contributed by atoms with Crippen molar-refractivity contribution in [3.8, 4) is 0 Å². The van der Waals surface area contributed by atoms with Gasteiger partial charge in [0.25, 0.3) is 0 Å². The van der Waals surface area contributed by atoms with Crippen LogP contribution in [0, 0.1) is 0 Å². The van der Waals surface area contributed by atoms with Gasteiger partial charge >= 0.3 is 0 Å². The lowest BCUT2D eigenvalue weighted by Gasteiger charge is -2.42. The van der Waals surface area contributed by atoms with Crippen LogP contribution in [0.3, 0.4) is 0 Å². The fourth-order valence-electron chi connectivity index (χ4n) is 2.73. The fraction of sp³-hybridized carbons (Fsp3) is 0.857. The molecule has 94 valence electrons. The molecule has 2 heteroatoms. The van der Waals surface area contributed by atoms with Crippen LogP contribution in [0.15, 0.2) is 12.2 Å². The summed E-state index contributed by atoms with van der Waals surface area (Å²) in [5.74, 6) is 0. The van der Waals surface area contributed by atoms with E-state index in [-0.39, 0.29) is 5.54 Å². The summed E-state index contributed by atoms with van der Waals surface area (Å²) in [7, 11) is 0. The predicted octanol–water partition coefficient (Wildman–Crippen LogP) is 2.93. The van der Waals surface area contributed by atoms with E-state index in [1.54, 1.807) is 0 Å². The molecule has 2 N–H and O–H groups in total. The summed E-state index contributed by atoms with van der Waals surface area (Å²) in [5.41, 5.74) is 7.52. The molecule has 0 spiro atoms. The van der Waals surface area contributed by atoms with Crippen LogP contribution in [0.1, 0.15) is 53.4 Å². The van der Waals surface area contributed by atoms with Gasteiger partial charge in [0, 0.05) is 17.6 Å². The van der Waals surface area contributed by atoms with Gasteiger partial charge in [0.2, 0.25) is 0 Å². The molecule has 1 atom stereocenters. The molecule has 1 aliphatic rings.